The predicted octanol–water partition coefficient (Wildman–Crippen LogP) is 3.15. The zero-order chi connectivity index (χ0) is 16.9. The summed E-state index contributed by atoms with van der Waals surface area (Å²) in [6.07, 6.45) is 3.28. The highest BCUT2D eigenvalue weighted by molar-refractivity contribution is 7.09. The van der Waals surface area contributed by atoms with Crippen LogP contribution in [0.3, 0.4) is 0 Å². The molecule has 1 aliphatic heterocycles. The van der Waals surface area contributed by atoms with E-state index in [1.165, 1.54) is 11.3 Å². The molecule has 1 atom stereocenters. The number of amides is 3. The Labute approximate surface area is 144 Å². The van der Waals surface area contributed by atoms with E-state index in [1.807, 2.05) is 41.5 Å². The number of likely N-dealkylation sites (tertiary alicyclic amines) is 1. The largest absolute Gasteiger partial charge is 0.338 e. The van der Waals surface area contributed by atoms with Gasteiger partial charge in [-0.2, -0.15) is 0 Å². The molecule has 2 aromatic rings. The van der Waals surface area contributed by atoms with Crippen molar-refractivity contribution in [1.29, 1.82) is 0 Å². The van der Waals surface area contributed by atoms with E-state index in [-0.39, 0.29) is 18.0 Å². The highest BCUT2D eigenvalue weighted by atomic mass is 32.1. The SMILES string of the molecule is C[C@@H](NC(=O)Nc1cccc(CN2CCCC2=O)c1)c1nccs1. The number of nitrogens with zero attached hydrogens (tertiary/aromatic N) is 2. The van der Waals surface area contributed by atoms with Crippen molar-refractivity contribution in [2.24, 2.45) is 0 Å². The third kappa shape index (κ3) is 4.11. The number of carbonyl (C=O) groups is 2. The normalized spacial score (nSPS) is 15.4. The van der Waals surface area contributed by atoms with Crippen molar-refractivity contribution in [1.82, 2.24) is 15.2 Å². The van der Waals surface area contributed by atoms with Crippen LogP contribution in [0, 0.1) is 0 Å². The van der Waals surface area contributed by atoms with Crippen molar-refractivity contribution in [3.05, 3.63) is 46.4 Å². The molecule has 0 spiro atoms. The van der Waals surface area contributed by atoms with E-state index in [0.29, 0.717) is 18.7 Å². The van der Waals surface area contributed by atoms with Gasteiger partial charge in [-0.1, -0.05) is 12.1 Å². The number of carbonyl (C=O) groups excluding carboxylic acids is 2. The van der Waals surface area contributed by atoms with Gasteiger partial charge in [-0.3, -0.25) is 4.79 Å². The van der Waals surface area contributed by atoms with Gasteiger partial charge >= 0.3 is 6.03 Å². The molecule has 0 unspecified atom stereocenters. The van der Waals surface area contributed by atoms with Crippen LogP contribution in [0.1, 0.15) is 36.4 Å². The first-order valence-corrected chi connectivity index (χ1v) is 8.83. The molecule has 6 nitrogen and oxygen atoms in total. The molecule has 1 fully saturated rings. The molecule has 7 heteroatoms. The topological polar surface area (TPSA) is 74.3 Å². The van der Waals surface area contributed by atoms with Crippen molar-refractivity contribution < 1.29 is 9.59 Å². The van der Waals surface area contributed by atoms with Gasteiger partial charge < -0.3 is 15.5 Å². The Morgan fingerprint density at radius 1 is 1.46 bits per heavy atom. The third-order valence-electron chi connectivity index (χ3n) is 3.90. The average Bonchev–Trinajstić information content (AvgIpc) is 3.20. The van der Waals surface area contributed by atoms with Crippen LogP contribution in [-0.2, 0) is 11.3 Å². The molecule has 2 N–H and O–H groups in total. The van der Waals surface area contributed by atoms with Crippen LogP contribution >= 0.6 is 11.3 Å². The summed E-state index contributed by atoms with van der Waals surface area (Å²) in [6, 6.07) is 7.17. The monoisotopic (exact) mass is 344 g/mol. The van der Waals surface area contributed by atoms with Crippen molar-refractivity contribution >= 4 is 29.0 Å². The molecular weight excluding hydrogens is 324 g/mol. The van der Waals surface area contributed by atoms with Crippen LogP contribution < -0.4 is 10.6 Å². The first-order valence-electron chi connectivity index (χ1n) is 7.95. The Hall–Kier alpha value is -2.41. The van der Waals surface area contributed by atoms with Crippen molar-refractivity contribution in [3.8, 4) is 0 Å². The summed E-state index contributed by atoms with van der Waals surface area (Å²) in [7, 11) is 0. The zero-order valence-electron chi connectivity index (χ0n) is 13.5. The molecule has 1 aliphatic rings. The van der Waals surface area contributed by atoms with Gasteiger partial charge in [0.2, 0.25) is 5.91 Å². The number of urea groups is 1. The number of hydrogen-bond donors (Lipinski definition) is 2. The lowest BCUT2D eigenvalue weighted by molar-refractivity contribution is -0.128. The summed E-state index contributed by atoms with van der Waals surface area (Å²) >= 11 is 1.51. The average molecular weight is 344 g/mol. The van der Waals surface area contributed by atoms with E-state index in [2.05, 4.69) is 15.6 Å². The second kappa shape index (κ2) is 7.44. The quantitative estimate of drug-likeness (QED) is 0.875. The summed E-state index contributed by atoms with van der Waals surface area (Å²) in [6.45, 7) is 3.29. The van der Waals surface area contributed by atoms with E-state index in [4.69, 9.17) is 0 Å². The third-order valence-corrected chi connectivity index (χ3v) is 4.86. The standard InChI is InChI=1S/C17H20N4O2S/c1-12(16-18-7-9-24-16)19-17(23)20-14-5-2-4-13(10-14)11-21-8-3-6-15(21)22/h2,4-5,7,9-10,12H,3,6,8,11H2,1H3,(H2,19,20,23)/t12-/m1/s1. The summed E-state index contributed by atoms with van der Waals surface area (Å²) < 4.78 is 0. The van der Waals surface area contributed by atoms with Gasteiger partial charge in [-0.05, 0) is 31.0 Å². The summed E-state index contributed by atoms with van der Waals surface area (Å²) in [5.41, 5.74) is 1.72. The molecule has 24 heavy (non-hydrogen) atoms. The maximum absolute atomic E-state index is 12.1. The second-order valence-electron chi connectivity index (χ2n) is 5.81. The molecule has 3 rings (SSSR count). The molecule has 0 aliphatic carbocycles. The molecular formula is C17H20N4O2S. The fourth-order valence-electron chi connectivity index (χ4n) is 2.71. The predicted molar refractivity (Wildman–Crippen MR) is 93.8 cm³/mol. The summed E-state index contributed by atoms with van der Waals surface area (Å²) in [5.74, 6) is 0.198. The molecule has 1 aromatic carbocycles. The Morgan fingerprint density at radius 2 is 2.33 bits per heavy atom. The van der Waals surface area contributed by atoms with E-state index < -0.39 is 0 Å². The minimum Gasteiger partial charge on any atom is -0.338 e. The summed E-state index contributed by atoms with van der Waals surface area (Å²) in [4.78, 5) is 29.9. The van der Waals surface area contributed by atoms with Gasteiger partial charge in [0.05, 0.1) is 6.04 Å². The van der Waals surface area contributed by atoms with Crippen LogP contribution in [0.25, 0.3) is 0 Å². The molecule has 0 radical (unpaired) electrons. The van der Waals surface area contributed by atoms with Gasteiger partial charge in [-0.25, -0.2) is 9.78 Å². The van der Waals surface area contributed by atoms with Crippen LogP contribution in [0.2, 0.25) is 0 Å². The molecule has 0 bridgehead atoms. The number of rotatable bonds is 5. The molecule has 0 saturated carbocycles. The van der Waals surface area contributed by atoms with Crippen molar-refractivity contribution in [2.45, 2.75) is 32.4 Å². The number of thiazole rings is 1. The van der Waals surface area contributed by atoms with Crippen molar-refractivity contribution in [3.63, 3.8) is 0 Å². The lowest BCUT2D eigenvalue weighted by atomic mass is 10.2. The number of anilines is 1. The number of nitrogens with one attached hydrogen (secondary N) is 2. The lowest BCUT2D eigenvalue weighted by Crippen LogP contribution is -2.31. The summed E-state index contributed by atoms with van der Waals surface area (Å²) in [5, 5.41) is 8.45. The van der Waals surface area contributed by atoms with E-state index in [1.54, 1.807) is 6.20 Å². The van der Waals surface area contributed by atoms with E-state index in [0.717, 1.165) is 23.5 Å². The van der Waals surface area contributed by atoms with Crippen LogP contribution in [-0.4, -0.2) is 28.4 Å². The second-order valence-corrected chi connectivity index (χ2v) is 6.74. The van der Waals surface area contributed by atoms with Gasteiger partial charge in [0.1, 0.15) is 5.01 Å². The molecule has 3 amide bonds. The minimum atomic E-state index is -0.271. The van der Waals surface area contributed by atoms with E-state index >= 15 is 0 Å². The Morgan fingerprint density at radius 3 is 3.04 bits per heavy atom. The molecule has 2 heterocycles. The van der Waals surface area contributed by atoms with Gasteiger partial charge in [0.25, 0.3) is 0 Å². The highest BCUT2D eigenvalue weighted by Crippen LogP contribution is 2.18. The zero-order valence-corrected chi connectivity index (χ0v) is 14.3. The van der Waals surface area contributed by atoms with Crippen LogP contribution in [0.4, 0.5) is 10.5 Å². The Bertz CT molecular complexity index is 717. The fourth-order valence-corrected chi connectivity index (χ4v) is 3.36. The maximum Gasteiger partial charge on any atom is 0.319 e. The molecule has 1 saturated heterocycles. The first kappa shape index (κ1) is 16.4. The Balaban J connectivity index is 1.57. The van der Waals surface area contributed by atoms with Gasteiger partial charge in [0, 0.05) is 36.8 Å². The molecule has 126 valence electrons. The number of benzene rings is 1. The molecule has 1 aromatic heterocycles. The highest BCUT2D eigenvalue weighted by Gasteiger charge is 2.20. The number of hydrogen-bond acceptors (Lipinski definition) is 4. The van der Waals surface area contributed by atoms with Crippen molar-refractivity contribution in [2.75, 3.05) is 11.9 Å². The van der Waals surface area contributed by atoms with Crippen LogP contribution in [0.5, 0.6) is 0 Å². The van der Waals surface area contributed by atoms with Gasteiger partial charge in [0.15, 0.2) is 0 Å². The fraction of sp³-hybridized carbons (Fsp3) is 0.353. The Kier molecular flexibility index (Phi) is 5.10. The number of aromatic nitrogens is 1. The lowest BCUT2D eigenvalue weighted by Gasteiger charge is -2.16. The first-order chi connectivity index (χ1) is 11.6. The minimum absolute atomic E-state index is 0.143. The maximum atomic E-state index is 12.1. The van der Waals surface area contributed by atoms with Crippen LogP contribution in [0.15, 0.2) is 35.8 Å². The van der Waals surface area contributed by atoms with E-state index in [9.17, 15) is 9.59 Å². The smallest absolute Gasteiger partial charge is 0.319 e. The van der Waals surface area contributed by atoms with Gasteiger partial charge in [-0.15, -0.1) is 11.3 Å².